The van der Waals surface area contributed by atoms with Crippen molar-refractivity contribution >= 4 is 5.78 Å². The molecule has 2 nitrogen and oxygen atoms in total. The number of hydrogen-bond donors (Lipinski definition) is 0. The van der Waals surface area contributed by atoms with Crippen LogP contribution in [0.4, 0.5) is 0 Å². The van der Waals surface area contributed by atoms with Crippen LogP contribution < -0.4 is 4.74 Å². The van der Waals surface area contributed by atoms with Crippen LogP contribution in [0.2, 0.25) is 0 Å². The lowest BCUT2D eigenvalue weighted by Crippen LogP contribution is -2.41. The molecule has 1 aliphatic carbocycles. The molecule has 1 saturated carbocycles. The van der Waals surface area contributed by atoms with E-state index in [9.17, 15) is 4.79 Å². The monoisotopic (exact) mass is 272 g/mol. The standard InChI is InChI=1S/C18H24O2/c1-13(2)14-6-5-10-18(11-9-14)12-16(19)15-7-3-4-8-17(15)20-18/h3-4,7-8,13-14H,5-6,9-12H2,1-2H3. The first kappa shape index (κ1) is 13.7. The van der Waals surface area contributed by atoms with E-state index in [4.69, 9.17) is 4.74 Å². The van der Waals surface area contributed by atoms with E-state index >= 15 is 0 Å². The van der Waals surface area contributed by atoms with Gasteiger partial charge in [-0.15, -0.1) is 0 Å². The van der Waals surface area contributed by atoms with Crippen molar-refractivity contribution in [2.24, 2.45) is 11.8 Å². The summed E-state index contributed by atoms with van der Waals surface area (Å²) in [5, 5.41) is 0. The Balaban J connectivity index is 1.83. The highest BCUT2D eigenvalue weighted by Gasteiger charge is 2.41. The molecule has 0 saturated heterocycles. The largest absolute Gasteiger partial charge is 0.486 e. The van der Waals surface area contributed by atoms with Crippen molar-refractivity contribution < 1.29 is 9.53 Å². The highest BCUT2D eigenvalue weighted by atomic mass is 16.5. The number of fused-ring (bicyclic) bond motifs is 1. The Bertz CT molecular complexity index is 506. The van der Waals surface area contributed by atoms with Crippen molar-refractivity contribution in [2.75, 3.05) is 0 Å². The first-order chi connectivity index (χ1) is 9.60. The van der Waals surface area contributed by atoms with Crippen molar-refractivity contribution in [1.29, 1.82) is 0 Å². The molecule has 1 aromatic carbocycles. The molecule has 0 N–H and O–H groups in total. The Morgan fingerprint density at radius 1 is 1.20 bits per heavy atom. The summed E-state index contributed by atoms with van der Waals surface area (Å²) < 4.78 is 6.32. The number of carbonyl (C=O) groups excluding carboxylic acids is 1. The van der Waals surface area contributed by atoms with E-state index in [-0.39, 0.29) is 11.4 Å². The molecule has 2 atom stereocenters. The molecule has 2 heteroatoms. The second-order valence-electron chi connectivity index (χ2n) is 6.82. The Morgan fingerprint density at radius 2 is 2.00 bits per heavy atom. The molecular weight excluding hydrogens is 248 g/mol. The van der Waals surface area contributed by atoms with Gasteiger partial charge in [0.05, 0.1) is 12.0 Å². The molecular formula is C18H24O2. The molecule has 108 valence electrons. The number of rotatable bonds is 1. The Kier molecular flexibility index (Phi) is 3.57. The zero-order valence-electron chi connectivity index (χ0n) is 12.5. The molecule has 3 rings (SSSR count). The summed E-state index contributed by atoms with van der Waals surface area (Å²) in [6.07, 6.45) is 6.26. The first-order valence-electron chi connectivity index (χ1n) is 7.91. The summed E-state index contributed by atoms with van der Waals surface area (Å²) in [7, 11) is 0. The second kappa shape index (κ2) is 5.23. The third kappa shape index (κ3) is 2.48. The van der Waals surface area contributed by atoms with Crippen LogP contribution in [-0.4, -0.2) is 11.4 Å². The van der Waals surface area contributed by atoms with Crippen molar-refractivity contribution in [3.05, 3.63) is 29.8 Å². The molecule has 1 aliphatic heterocycles. The molecule has 0 bridgehead atoms. The van der Waals surface area contributed by atoms with Gasteiger partial charge in [-0.1, -0.05) is 32.4 Å². The predicted octanol–water partition coefficient (Wildman–Crippen LogP) is 4.63. The summed E-state index contributed by atoms with van der Waals surface area (Å²) >= 11 is 0. The molecule has 1 aromatic rings. The van der Waals surface area contributed by atoms with Gasteiger partial charge in [0.2, 0.25) is 0 Å². The molecule has 2 aliphatic rings. The smallest absolute Gasteiger partial charge is 0.170 e. The van der Waals surface area contributed by atoms with Crippen LogP contribution in [-0.2, 0) is 0 Å². The summed E-state index contributed by atoms with van der Waals surface area (Å²) in [5.41, 5.74) is 0.539. The highest BCUT2D eigenvalue weighted by Crippen LogP contribution is 2.43. The second-order valence-corrected chi connectivity index (χ2v) is 6.82. The number of carbonyl (C=O) groups is 1. The van der Waals surface area contributed by atoms with Gasteiger partial charge in [-0.05, 0) is 49.7 Å². The number of hydrogen-bond acceptors (Lipinski definition) is 2. The van der Waals surface area contributed by atoms with Crippen molar-refractivity contribution in [2.45, 2.75) is 58.0 Å². The average Bonchev–Trinajstić information content (AvgIpc) is 2.62. The van der Waals surface area contributed by atoms with Crippen LogP contribution in [0.15, 0.2) is 24.3 Å². The Morgan fingerprint density at radius 3 is 2.80 bits per heavy atom. The molecule has 1 fully saturated rings. The maximum absolute atomic E-state index is 12.4. The van der Waals surface area contributed by atoms with Gasteiger partial charge >= 0.3 is 0 Å². The SMILES string of the molecule is CC(C)C1CCCC2(CC1)CC(=O)c1ccccc1O2. The fraction of sp³-hybridized carbons (Fsp3) is 0.611. The average molecular weight is 272 g/mol. The summed E-state index contributed by atoms with van der Waals surface area (Å²) in [6.45, 7) is 4.62. The molecule has 0 radical (unpaired) electrons. The van der Waals surface area contributed by atoms with E-state index in [2.05, 4.69) is 13.8 Å². The minimum Gasteiger partial charge on any atom is -0.486 e. The van der Waals surface area contributed by atoms with Gasteiger partial charge in [0, 0.05) is 0 Å². The summed E-state index contributed by atoms with van der Waals surface area (Å²) in [5.74, 6) is 2.57. The third-order valence-electron chi connectivity index (χ3n) is 5.12. The topological polar surface area (TPSA) is 26.3 Å². The summed E-state index contributed by atoms with van der Waals surface area (Å²) in [4.78, 5) is 12.4. The van der Waals surface area contributed by atoms with Gasteiger partial charge in [-0.3, -0.25) is 4.79 Å². The highest BCUT2D eigenvalue weighted by molar-refractivity contribution is 6.00. The van der Waals surface area contributed by atoms with E-state index in [1.165, 1.54) is 19.3 Å². The van der Waals surface area contributed by atoms with Gasteiger partial charge in [0.15, 0.2) is 5.78 Å². The minimum atomic E-state index is -0.227. The molecule has 2 unspecified atom stereocenters. The van der Waals surface area contributed by atoms with Crippen LogP contribution in [0.5, 0.6) is 5.75 Å². The number of Topliss-reactive ketones (excluding diaryl/α,β-unsaturated/α-hetero) is 1. The van der Waals surface area contributed by atoms with Gasteiger partial charge in [-0.25, -0.2) is 0 Å². The number of benzene rings is 1. The Hall–Kier alpha value is -1.31. The van der Waals surface area contributed by atoms with Crippen LogP contribution >= 0.6 is 0 Å². The van der Waals surface area contributed by atoms with E-state index < -0.39 is 0 Å². The van der Waals surface area contributed by atoms with Crippen LogP contribution in [0.25, 0.3) is 0 Å². The molecule has 0 aromatic heterocycles. The number of ether oxygens (including phenoxy) is 1. The van der Waals surface area contributed by atoms with Gasteiger partial charge in [0.1, 0.15) is 11.4 Å². The molecule has 1 heterocycles. The normalized spacial score (nSPS) is 29.9. The quantitative estimate of drug-likeness (QED) is 0.745. The van der Waals surface area contributed by atoms with E-state index in [0.29, 0.717) is 6.42 Å². The van der Waals surface area contributed by atoms with Crippen LogP contribution in [0.3, 0.4) is 0 Å². The van der Waals surface area contributed by atoms with Gasteiger partial charge in [0.25, 0.3) is 0 Å². The predicted molar refractivity (Wildman–Crippen MR) is 80.2 cm³/mol. The lowest BCUT2D eigenvalue weighted by molar-refractivity contribution is 0.0286. The van der Waals surface area contributed by atoms with Crippen LogP contribution in [0, 0.1) is 11.8 Å². The van der Waals surface area contributed by atoms with Gasteiger partial charge in [-0.2, -0.15) is 0 Å². The molecule has 0 amide bonds. The number of para-hydroxylation sites is 1. The van der Waals surface area contributed by atoms with E-state index in [0.717, 1.165) is 36.0 Å². The van der Waals surface area contributed by atoms with Crippen molar-refractivity contribution in [1.82, 2.24) is 0 Å². The summed E-state index contributed by atoms with van der Waals surface area (Å²) in [6, 6.07) is 7.70. The molecule has 1 spiro atoms. The first-order valence-corrected chi connectivity index (χ1v) is 7.91. The lowest BCUT2D eigenvalue weighted by Gasteiger charge is -2.37. The zero-order chi connectivity index (χ0) is 14.2. The van der Waals surface area contributed by atoms with E-state index in [1.54, 1.807) is 0 Å². The van der Waals surface area contributed by atoms with Gasteiger partial charge < -0.3 is 4.74 Å². The minimum absolute atomic E-state index is 0.227. The zero-order valence-corrected chi connectivity index (χ0v) is 12.5. The van der Waals surface area contributed by atoms with E-state index in [1.807, 2.05) is 24.3 Å². The maximum Gasteiger partial charge on any atom is 0.170 e. The third-order valence-corrected chi connectivity index (χ3v) is 5.12. The Labute approximate surface area is 121 Å². The number of ketones is 1. The fourth-order valence-corrected chi connectivity index (χ4v) is 3.79. The van der Waals surface area contributed by atoms with Crippen LogP contribution in [0.1, 0.15) is 62.7 Å². The molecule has 20 heavy (non-hydrogen) atoms. The fourth-order valence-electron chi connectivity index (χ4n) is 3.79. The van der Waals surface area contributed by atoms with Crippen molar-refractivity contribution in [3.8, 4) is 5.75 Å². The van der Waals surface area contributed by atoms with Crippen molar-refractivity contribution in [3.63, 3.8) is 0 Å². The maximum atomic E-state index is 12.4. The lowest BCUT2D eigenvalue weighted by atomic mass is 9.83.